The number of hydrogen-bond donors (Lipinski definition) is 2. The van der Waals surface area contributed by atoms with Gasteiger partial charge in [-0.1, -0.05) is 28.1 Å². The van der Waals surface area contributed by atoms with Gasteiger partial charge in [-0.15, -0.1) is 0 Å². The fourth-order valence-corrected chi connectivity index (χ4v) is 2.32. The average Bonchev–Trinajstić information content (AvgIpc) is 2.48. The smallest absolute Gasteiger partial charge is 0.119 e. The fourth-order valence-electron chi connectivity index (χ4n) is 1.93. The van der Waals surface area contributed by atoms with E-state index in [-0.39, 0.29) is 6.61 Å². The Morgan fingerprint density at radius 2 is 1.90 bits per heavy atom. The standard InChI is InChI=1S/C16H18BrNO2/c1-20-15-6-7-16(17)13(10-15)11-18-14-4-2-12(3-5-14)8-9-19/h2-7,10,18-19H,8-9,11H2,1H3. The summed E-state index contributed by atoms with van der Waals surface area (Å²) in [6.45, 7) is 0.903. The third-order valence-electron chi connectivity index (χ3n) is 3.09. The zero-order chi connectivity index (χ0) is 14.4. The van der Waals surface area contributed by atoms with E-state index in [1.807, 2.05) is 42.5 Å². The molecule has 2 N–H and O–H groups in total. The maximum absolute atomic E-state index is 8.89. The molecular formula is C16H18BrNO2. The molecule has 0 aromatic heterocycles. The van der Waals surface area contributed by atoms with Gasteiger partial charge in [0, 0.05) is 23.3 Å². The number of aliphatic hydroxyl groups excluding tert-OH is 1. The highest BCUT2D eigenvalue weighted by molar-refractivity contribution is 9.10. The van der Waals surface area contributed by atoms with Crippen LogP contribution in [0.3, 0.4) is 0 Å². The minimum absolute atomic E-state index is 0.184. The molecular weight excluding hydrogens is 318 g/mol. The summed E-state index contributed by atoms with van der Waals surface area (Å²) in [6, 6.07) is 14.0. The van der Waals surface area contributed by atoms with Gasteiger partial charge in [-0.3, -0.25) is 0 Å². The van der Waals surface area contributed by atoms with Crippen LogP contribution in [0.2, 0.25) is 0 Å². The molecule has 2 aromatic carbocycles. The van der Waals surface area contributed by atoms with Gasteiger partial charge in [0.15, 0.2) is 0 Å². The zero-order valence-electron chi connectivity index (χ0n) is 11.4. The molecule has 2 aromatic rings. The van der Waals surface area contributed by atoms with Crippen LogP contribution >= 0.6 is 15.9 Å². The number of aliphatic hydroxyl groups is 1. The second kappa shape index (κ2) is 7.31. The van der Waals surface area contributed by atoms with Crippen molar-refractivity contribution in [3.63, 3.8) is 0 Å². The molecule has 0 aliphatic carbocycles. The van der Waals surface area contributed by atoms with E-state index < -0.39 is 0 Å². The SMILES string of the molecule is COc1ccc(Br)c(CNc2ccc(CCO)cc2)c1. The van der Waals surface area contributed by atoms with Crippen molar-refractivity contribution in [2.24, 2.45) is 0 Å². The molecule has 0 saturated carbocycles. The molecule has 106 valence electrons. The summed E-state index contributed by atoms with van der Waals surface area (Å²) < 4.78 is 6.29. The molecule has 0 aliphatic heterocycles. The first-order valence-electron chi connectivity index (χ1n) is 6.49. The minimum atomic E-state index is 0.184. The van der Waals surface area contributed by atoms with Crippen molar-refractivity contribution in [2.45, 2.75) is 13.0 Å². The number of anilines is 1. The first-order chi connectivity index (χ1) is 9.72. The Morgan fingerprint density at radius 3 is 2.55 bits per heavy atom. The van der Waals surface area contributed by atoms with Gasteiger partial charge >= 0.3 is 0 Å². The van der Waals surface area contributed by atoms with Crippen molar-refractivity contribution < 1.29 is 9.84 Å². The molecule has 2 rings (SSSR count). The maximum atomic E-state index is 8.89. The normalized spacial score (nSPS) is 10.3. The largest absolute Gasteiger partial charge is 0.497 e. The summed E-state index contributed by atoms with van der Waals surface area (Å²) in [5.41, 5.74) is 3.34. The van der Waals surface area contributed by atoms with Crippen LogP contribution in [0.1, 0.15) is 11.1 Å². The summed E-state index contributed by atoms with van der Waals surface area (Å²) in [5.74, 6) is 0.850. The van der Waals surface area contributed by atoms with Crippen molar-refractivity contribution in [3.8, 4) is 5.75 Å². The third-order valence-corrected chi connectivity index (χ3v) is 3.86. The molecule has 0 spiro atoms. The van der Waals surface area contributed by atoms with E-state index in [1.165, 1.54) is 0 Å². The number of ether oxygens (including phenoxy) is 1. The van der Waals surface area contributed by atoms with E-state index in [9.17, 15) is 0 Å². The lowest BCUT2D eigenvalue weighted by Gasteiger charge is -2.10. The van der Waals surface area contributed by atoms with Crippen molar-refractivity contribution in [1.29, 1.82) is 0 Å². The van der Waals surface area contributed by atoms with E-state index in [0.717, 1.165) is 33.6 Å². The Labute approximate surface area is 127 Å². The van der Waals surface area contributed by atoms with Gasteiger partial charge in [0.1, 0.15) is 5.75 Å². The fraction of sp³-hybridized carbons (Fsp3) is 0.250. The van der Waals surface area contributed by atoms with Crippen molar-refractivity contribution >= 4 is 21.6 Å². The molecule has 20 heavy (non-hydrogen) atoms. The number of methoxy groups -OCH3 is 1. The van der Waals surface area contributed by atoms with Crippen molar-refractivity contribution in [1.82, 2.24) is 0 Å². The molecule has 0 heterocycles. The highest BCUT2D eigenvalue weighted by Crippen LogP contribution is 2.23. The van der Waals surface area contributed by atoms with Crippen LogP contribution in [0.5, 0.6) is 5.75 Å². The number of rotatable bonds is 6. The number of halogens is 1. The van der Waals surface area contributed by atoms with E-state index in [2.05, 4.69) is 21.2 Å². The predicted molar refractivity (Wildman–Crippen MR) is 85.3 cm³/mol. The number of nitrogens with one attached hydrogen (secondary N) is 1. The molecule has 0 fully saturated rings. The van der Waals surface area contributed by atoms with Gasteiger partial charge in [-0.2, -0.15) is 0 Å². The first-order valence-corrected chi connectivity index (χ1v) is 7.28. The highest BCUT2D eigenvalue weighted by Gasteiger charge is 2.02. The molecule has 0 unspecified atom stereocenters. The lowest BCUT2D eigenvalue weighted by atomic mass is 10.1. The van der Waals surface area contributed by atoms with Crippen LogP contribution in [0.15, 0.2) is 46.9 Å². The van der Waals surface area contributed by atoms with Gasteiger partial charge in [0.25, 0.3) is 0 Å². The Balaban J connectivity index is 2.01. The van der Waals surface area contributed by atoms with Gasteiger partial charge in [0.2, 0.25) is 0 Å². The quantitative estimate of drug-likeness (QED) is 0.847. The monoisotopic (exact) mass is 335 g/mol. The van der Waals surface area contributed by atoms with Crippen molar-refractivity contribution in [2.75, 3.05) is 19.0 Å². The minimum Gasteiger partial charge on any atom is -0.497 e. The van der Waals surface area contributed by atoms with Crippen LogP contribution in [-0.4, -0.2) is 18.8 Å². The highest BCUT2D eigenvalue weighted by atomic mass is 79.9. The average molecular weight is 336 g/mol. The Bertz CT molecular complexity index is 555. The predicted octanol–water partition coefficient (Wildman–Crippen LogP) is 3.60. The molecule has 4 heteroatoms. The van der Waals surface area contributed by atoms with Crippen molar-refractivity contribution in [3.05, 3.63) is 58.1 Å². The second-order valence-corrected chi connectivity index (χ2v) is 5.34. The van der Waals surface area contributed by atoms with Crippen LogP contribution in [0, 0.1) is 0 Å². The molecule has 0 radical (unpaired) electrons. The summed E-state index contributed by atoms with van der Waals surface area (Å²) in [4.78, 5) is 0. The Morgan fingerprint density at radius 1 is 1.15 bits per heavy atom. The Kier molecular flexibility index (Phi) is 5.44. The van der Waals surface area contributed by atoms with Crippen LogP contribution in [0.25, 0.3) is 0 Å². The molecule has 0 atom stereocenters. The Hall–Kier alpha value is -1.52. The molecule has 0 saturated heterocycles. The number of hydrogen-bond acceptors (Lipinski definition) is 3. The first kappa shape index (κ1) is 14.9. The third kappa shape index (κ3) is 3.99. The molecule has 0 aliphatic rings. The van der Waals surface area contributed by atoms with Crippen LogP contribution < -0.4 is 10.1 Å². The summed E-state index contributed by atoms with van der Waals surface area (Å²) in [7, 11) is 1.67. The maximum Gasteiger partial charge on any atom is 0.119 e. The van der Waals surface area contributed by atoms with Gasteiger partial charge < -0.3 is 15.2 Å². The van der Waals surface area contributed by atoms with E-state index in [1.54, 1.807) is 7.11 Å². The topological polar surface area (TPSA) is 41.5 Å². The lowest BCUT2D eigenvalue weighted by molar-refractivity contribution is 0.299. The van der Waals surface area contributed by atoms with Gasteiger partial charge in [-0.05, 0) is 47.9 Å². The van der Waals surface area contributed by atoms with E-state index in [0.29, 0.717) is 6.42 Å². The van der Waals surface area contributed by atoms with E-state index >= 15 is 0 Å². The summed E-state index contributed by atoms with van der Waals surface area (Å²) in [5, 5.41) is 12.3. The second-order valence-electron chi connectivity index (χ2n) is 4.48. The van der Waals surface area contributed by atoms with Crippen LogP contribution in [-0.2, 0) is 13.0 Å². The lowest BCUT2D eigenvalue weighted by Crippen LogP contribution is -2.01. The van der Waals surface area contributed by atoms with Crippen LogP contribution in [0.4, 0.5) is 5.69 Å². The van der Waals surface area contributed by atoms with E-state index in [4.69, 9.17) is 9.84 Å². The van der Waals surface area contributed by atoms with Gasteiger partial charge in [0.05, 0.1) is 7.11 Å². The summed E-state index contributed by atoms with van der Waals surface area (Å²) >= 11 is 3.54. The zero-order valence-corrected chi connectivity index (χ0v) is 13.0. The summed E-state index contributed by atoms with van der Waals surface area (Å²) in [6.07, 6.45) is 0.696. The molecule has 3 nitrogen and oxygen atoms in total. The van der Waals surface area contributed by atoms with Gasteiger partial charge in [-0.25, -0.2) is 0 Å². The molecule has 0 bridgehead atoms. The number of benzene rings is 2. The molecule has 0 amide bonds.